The first-order valence-electron chi connectivity index (χ1n) is 7.44. The maximum Gasteiger partial charge on any atom is 0.309 e. The Morgan fingerprint density at radius 3 is 2.32 bits per heavy atom. The minimum atomic E-state index is -0.865. The van der Waals surface area contributed by atoms with E-state index in [9.17, 15) is 9.59 Å². The molecule has 0 atom stereocenters. The average Bonchev–Trinajstić information content (AvgIpc) is 2.45. The molecule has 1 aromatic rings. The molecule has 0 saturated carbocycles. The maximum absolute atomic E-state index is 12.0. The SMILES string of the molecule is CC(C)OCc1ccc(C(=O)NCCC(C)(C)C(=O)O)cc1. The van der Waals surface area contributed by atoms with Crippen molar-refractivity contribution in [2.75, 3.05) is 6.54 Å². The summed E-state index contributed by atoms with van der Waals surface area (Å²) < 4.78 is 5.50. The first-order chi connectivity index (χ1) is 10.2. The van der Waals surface area contributed by atoms with Gasteiger partial charge in [-0.05, 0) is 51.8 Å². The first kappa shape index (κ1) is 18.2. The molecule has 1 amide bonds. The van der Waals surface area contributed by atoms with Crippen LogP contribution >= 0.6 is 0 Å². The highest BCUT2D eigenvalue weighted by atomic mass is 16.5. The molecule has 0 saturated heterocycles. The standard InChI is InChI=1S/C17H25NO4/c1-12(2)22-11-13-5-7-14(8-6-13)15(19)18-10-9-17(3,4)16(20)21/h5-8,12H,9-11H2,1-4H3,(H,18,19)(H,20,21). The molecule has 0 aromatic heterocycles. The van der Waals surface area contributed by atoms with Crippen molar-refractivity contribution in [3.8, 4) is 0 Å². The van der Waals surface area contributed by atoms with Crippen LogP contribution in [0.3, 0.4) is 0 Å². The Morgan fingerprint density at radius 2 is 1.82 bits per heavy atom. The summed E-state index contributed by atoms with van der Waals surface area (Å²) in [4.78, 5) is 23.0. The topological polar surface area (TPSA) is 75.6 Å². The highest BCUT2D eigenvalue weighted by Gasteiger charge is 2.26. The van der Waals surface area contributed by atoms with Crippen molar-refractivity contribution in [3.05, 3.63) is 35.4 Å². The van der Waals surface area contributed by atoms with Gasteiger partial charge in [-0.2, -0.15) is 0 Å². The van der Waals surface area contributed by atoms with E-state index in [1.807, 2.05) is 26.0 Å². The number of hydrogen-bond donors (Lipinski definition) is 2. The van der Waals surface area contributed by atoms with Crippen LogP contribution in [0, 0.1) is 5.41 Å². The Bertz CT molecular complexity index is 506. The summed E-state index contributed by atoms with van der Waals surface area (Å²) >= 11 is 0. The van der Waals surface area contributed by atoms with Crippen LogP contribution in [0.25, 0.3) is 0 Å². The Kier molecular flexibility index (Phi) is 6.56. The molecule has 5 nitrogen and oxygen atoms in total. The van der Waals surface area contributed by atoms with Crippen LogP contribution in [0.4, 0.5) is 0 Å². The van der Waals surface area contributed by atoms with Gasteiger partial charge in [0, 0.05) is 12.1 Å². The largest absolute Gasteiger partial charge is 0.481 e. The van der Waals surface area contributed by atoms with Gasteiger partial charge in [0.15, 0.2) is 0 Å². The van der Waals surface area contributed by atoms with Gasteiger partial charge in [0.25, 0.3) is 5.91 Å². The monoisotopic (exact) mass is 307 g/mol. The molecule has 2 N–H and O–H groups in total. The zero-order valence-electron chi connectivity index (χ0n) is 13.7. The number of carbonyl (C=O) groups excluding carboxylic acids is 1. The number of amides is 1. The Morgan fingerprint density at radius 1 is 1.23 bits per heavy atom. The number of nitrogens with one attached hydrogen (secondary N) is 1. The molecule has 0 radical (unpaired) electrons. The molecule has 0 heterocycles. The maximum atomic E-state index is 12.0. The van der Waals surface area contributed by atoms with Crippen molar-refractivity contribution in [1.82, 2.24) is 5.32 Å². The number of hydrogen-bond acceptors (Lipinski definition) is 3. The third kappa shape index (κ3) is 5.85. The molecule has 22 heavy (non-hydrogen) atoms. The van der Waals surface area contributed by atoms with Crippen LogP contribution in [0.15, 0.2) is 24.3 Å². The highest BCUT2D eigenvalue weighted by molar-refractivity contribution is 5.94. The second-order valence-electron chi connectivity index (χ2n) is 6.25. The molecular formula is C17H25NO4. The van der Waals surface area contributed by atoms with Crippen LogP contribution < -0.4 is 5.32 Å². The quantitative estimate of drug-likeness (QED) is 0.774. The smallest absolute Gasteiger partial charge is 0.309 e. The normalized spacial score (nSPS) is 11.5. The summed E-state index contributed by atoms with van der Waals surface area (Å²) in [6, 6.07) is 7.21. The summed E-state index contributed by atoms with van der Waals surface area (Å²) in [5.74, 6) is -1.06. The van der Waals surface area contributed by atoms with Gasteiger partial charge in [0.05, 0.1) is 18.1 Å². The number of carboxylic acid groups (broad SMARTS) is 1. The predicted octanol–water partition coefficient (Wildman–Crippen LogP) is 2.84. The van der Waals surface area contributed by atoms with Crippen LogP contribution in [-0.2, 0) is 16.1 Å². The Labute approximate surface area is 131 Å². The molecule has 0 aliphatic heterocycles. The lowest BCUT2D eigenvalue weighted by Crippen LogP contribution is -2.31. The number of benzene rings is 1. The van der Waals surface area contributed by atoms with Gasteiger partial charge in [-0.15, -0.1) is 0 Å². The highest BCUT2D eigenvalue weighted by Crippen LogP contribution is 2.19. The van der Waals surface area contributed by atoms with Crippen LogP contribution in [0.2, 0.25) is 0 Å². The molecule has 0 aliphatic rings. The van der Waals surface area contributed by atoms with E-state index in [1.54, 1.807) is 26.0 Å². The summed E-state index contributed by atoms with van der Waals surface area (Å²) in [7, 11) is 0. The number of ether oxygens (including phenoxy) is 1. The Balaban J connectivity index is 2.47. The van der Waals surface area contributed by atoms with E-state index in [0.29, 0.717) is 25.1 Å². The molecule has 0 unspecified atom stereocenters. The second-order valence-corrected chi connectivity index (χ2v) is 6.25. The molecule has 5 heteroatoms. The van der Waals surface area contributed by atoms with Gasteiger partial charge in [-0.3, -0.25) is 9.59 Å². The molecule has 0 fully saturated rings. The summed E-state index contributed by atoms with van der Waals surface area (Å²) in [5, 5.41) is 11.8. The van der Waals surface area contributed by atoms with Crippen molar-refractivity contribution in [3.63, 3.8) is 0 Å². The fraction of sp³-hybridized carbons (Fsp3) is 0.529. The van der Waals surface area contributed by atoms with Crippen LogP contribution in [-0.4, -0.2) is 29.6 Å². The van der Waals surface area contributed by atoms with Crippen molar-refractivity contribution in [1.29, 1.82) is 0 Å². The second kappa shape index (κ2) is 7.94. The molecule has 1 rings (SSSR count). The third-order valence-electron chi connectivity index (χ3n) is 3.41. The first-order valence-corrected chi connectivity index (χ1v) is 7.44. The summed E-state index contributed by atoms with van der Waals surface area (Å²) in [5.41, 5.74) is 0.726. The summed E-state index contributed by atoms with van der Waals surface area (Å²) in [6.45, 7) is 8.08. The van der Waals surface area contributed by atoms with E-state index in [0.717, 1.165) is 5.56 Å². The van der Waals surface area contributed by atoms with E-state index >= 15 is 0 Å². The third-order valence-corrected chi connectivity index (χ3v) is 3.41. The van der Waals surface area contributed by atoms with Gasteiger partial charge in [-0.1, -0.05) is 12.1 Å². The minimum absolute atomic E-state index is 0.167. The lowest BCUT2D eigenvalue weighted by molar-refractivity contribution is -0.147. The van der Waals surface area contributed by atoms with E-state index in [-0.39, 0.29) is 12.0 Å². The molecule has 0 spiro atoms. The predicted molar refractivity (Wildman–Crippen MR) is 84.7 cm³/mol. The van der Waals surface area contributed by atoms with E-state index in [4.69, 9.17) is 9.84 Å². The molecule has 1 aromatic carbocycles. The van der Waals surface area contributed by atoms with E-state index < -0.39 is 11.4 Å². The zero-order chi connectivity index (χ0) is 16.8. The average molecular weight is 307 g/mol. The van der Waals surface area contributed by atoms with Gasteiger partial charge in [0.2, 0.25) is 0 Å². The lowest BCUT2D eigenvalue weighted by atomic mass is 9.90. The van der Waals surface area contributed by atoms with Gasteiger partial charge in [0.1, 0.15) is 0 Å². The molecular weight excluding hydrogens is 282 g/mol. The van der Waals surface area contributed by atoms with Crippen LogP contribution in [0.5, 0.6) is 0 Å². The van der Waals surface area contributed by atoms with Crippen LogP contribution in [0.1, 0.15) is 50.0 Å². The van der Waals surface area contributed by atoms with Gasteiger partial charge >= 0.3 is 5.97 Å². The van der Waals surface area contributed by atoms with Crippen molar-refractivity contribution >= 4 is 11.9 Å². The number of carbonyl (C=O) groups is 2. The zero-order valence-corrected chi connectivity index (χ0v) is 13.7. The summed E-state index contributed by atoms with van der Waals surface area (Å²) in [6.07, 6.45) is 0.551. The van der Waals surface area contributed by atoms with Crippen molar-refractivity contribution in [2.45, 2.75) is 46.8 Å². The van der Waals surface area contributed by atoms with Gasteiger partial charge in [-0.25, -0.2) is 0 Å². The fourth-order valence-electron chi connectivity index (χ4n) is 1.71. The number of carboxylic acids is 1. The van der Waals surface area contributed by atoms with E-state index in [2.05, 4.69) is 5.32 Å². The minimum Gasteiger partial charge on any atom is -0.481 e. The molecule has 122 valence electrons. The van der Waals surface area contributed by atoms with E-state index in [1.165, 1.54) is 0 Å². The number of rotatable bonds is 8. The van der Waals surface area contributed by atoms with Crippen molar-refractivity contribution < 1.29 is 19.4 Å². The fourth-order valence-corrected chi connectivity index (χ4v) is 1.71. The lowest BCUT2D eigenvalue weighted by Gasteiger charge is -2.18. The molecule has 0 aliphatic carbocycles. The molecule has 0 bridgehead atoms. The van der Waals surface area contributed by atoms with Crippen molar-refractivity contribution in [2.24, 2.45) is 5.41 Å². The Hall–Kier alpha value is -1.88. The number of aliphatic carboxylic acids is 1. The van der Waals surface area contributed by atoms with Gasteiger partial charge < -0.3 is 15.2 Å².